The summed E-state index contributed by atoms with van der Waals surface area (Å²) >= 11 is 0. The summed E-state index contributed by atoms with van der Waals surface area (Å²) in [6, 6.07) is 0. The van der Waals surface area contributed by atoms with Crippen LogP contribution < -0.4 is 0 Å². The van der Waals surface area contributed by atoms with E-state index in [1.54, 1.807) is 0 Å². The minimum atomic E-state index is -0.825. The van der Waals surface area contributed by atoms with Crippen molar-refractivity contribution in [3.8, 4) is 0 Å². The molecule has 440 valence electrons. The molecule has 0 bridgehead atoms. The van der Waals surface area contributed by atoms with Crippen LogP contribution in [0.5, 0.6) is 0 Å². The first-order valence-electron chi connectivity index (χ1n) is 31.3. The normalized spacial score (nSPS) is 13.4. The number of rotatable bonds is 54. The third-order valence-electron chi connectivity index (χ3n) is 12.4. The van der Waals surface area contributed by atoms with Crippen molar-refractivity contribution in [1.29, 1.82) is 0 Å². The van der Waals surface area contributed by atoms with Gasteiger partial charge in [-0.05, 0) is 154 Å². The van der Waals surface area contributed by atoms with Crippen LogP contribution >= 0.6 is 0 Å². The molecule has 0 rings (SSSR count). The highest BCUT2D eigenvalue weighted by Gasteiger charge is 2.19. The smallest absolute Gasteiger partial charge is 0.306 e. The molecule has 0 aromatic heterocycles. The summed E-state index contributed by atoms with van der Waals surface area (Å²) in [6.45, 7) is 6.22. The highest BCUT2D eigenvalue weighted by Crippen LogP contribution is 2.13. The fourth-order valence-corrected chi connectivity index (χ4v) is 7.81. The van der Waals surface area contributed by atoms with E-state index in [-0.39, 0.29) is 44.0 Å². The fraction of sp³-hybridized carbons (Fsp3) is 0.548. The van der Waals surface area contributed by atoms with E-state index >= 15 is 0 Å². The Bertz CT molecular complexity index is 1870. The lowest BCUT2D eigenvalue weighted by molar-refractivity contribution is -0.167. The molecular formula is C73H112O6. The summed E-state index contributed by atoms with van der Waals surface area (Å²) in [5.41, 5.74) is 0. The van der Waals surface area contributed by atoms with Gasteiger partial charge in [-0.15, -0.1) is 0 Å². The number of carbonyl (C=O) groups is 3. The Morgan fingerprint density at radius 3 is 0.734 bits per heavy atom. The number of hydrogen-bond acceptors (Lipinski definition) is 6. The summed E-state index contributed by atoms with van der Waals surface area (Å²) in [5.74, 6) is -1.00. The summed E-state index contributed by atoms with van der Waals surface area (Å²) in [5, 5.41) is 0. The van der Waals surface area contributed by atoms with E-state index in [0.29, 0.717) is 12.8 Å². The highest BCUT2D eigenvalue weighted by atomic mass is 16.6. The maximum atomic E-state index is 12.9. The number of allylic oxidation sites excluding steroid dienone is 30. The van der Waals surface area contributed by atoms with Crippen LogP contribution in [0.1, 0.15) is 239 Å². The van der Waals surface area contributed by atoms with Gasteiger partial charge in [-0.25, -0.2) is 0 Å². The van der Waals surface area contributed by atoms with E-state index in [2.05, 4.69) is 203 Å². The molecule has 1 unspecified atom stereocenters. The Balaban J connectivity index is 4.52. The van der Waals surface area contributed by atoms with Gasteiger partial charge < -0.3 is 14.2 Å². The maximum Gasteiger partial charge on any atom is 0.306 e. The van der Waals surface area contributed by atoms with Crippen molar-refractivity contribution in [2.75, 3.05) is 13.2 Å². The Morgan fingerprint density at radius 1 is 0.253 bits per heavy atom. The highest BCUT2D eigenvalue weighted by molar-refractivity contribution is 5.71. The zero-order chi connectivity index (χ0) is 57.1. The van der Waals surface area contributed by atoms with Crippen LogP contribution in [0.25, 0.3) is 0 Å². The zero-order valence-corrected chi connectivity index (χ0v) is 50.3. The third kappa shape index (κ3) is 63.2. The first kappa shape index (κ1) is 73.5. The van der Waals surface area contributed by atoms with E-state index in [1.807, 2.05) is 0 Å². The van der Waals surface area contributed by atoms with Crippen molar-refractivity contribution >= 4 is 17.9 Å². The summed E-state index contributed by atoms with van der Waals surface area (Å²) in [6.07, 6.45) is 97.4. The first-order valence-corrected chi connectivity index (χ1v) is 31.3. The van der Waals surface area contributed by atoms with Crippen LogP contribution in [0.3, 0.4) is 0 Å². The minimum absolute atomic E-state index is 0.117. The number of esters is 3. The summed E-state index contributed by atoms with van der Waals surface area (Å²) < 4.78 is 16.9. The van der Waals surface area contributed by atoms with E-state index in [0.717, 1.165) is 180 Å². The van der Waals surface area contributed by atoms with E-state index < -0.39 is 6.10 Å². The number of hydrogen-bond donors (Lipinski definition) is 0. The SMILES string of the molecule is CC/C=C\C/C=C\C/C=C\C/C=C\C/C=C\C/C=C\CCCCCCCCC(=O)OCC(COC(=O)CCCC/C=C\C/C=C\C/C=C\C/C=C\CC)OC(=O)CCCCCCC/C=C\C/C=C\C/C=C\C/C=C\C/C=C\CC. The van der Waals surface area contributed by atoms with Crippen molar-refractivity contribution in [2.24, 2.45) is 0 Å². The average molecular weight is 1090 g/mol. The molecular weight excluding hydrogens is 973 g/mol. The van der Waals surface area contributed by atoms with Gasteiger partial charge in [0.05, 0.1) is 0 Å². The second kappa shape index (κ2) is 65.0. The van der Waals surface area contributed by atoms with Crippen LogP contribution in [0.4, 0.5) is 0 Å². The van der Waals surface area contributed by atoms with E-state index in [1.165, 1.54) is 12.8 Å². The largest absolute Gasteiger partial charge is 0.462 e. The topological polar surface area (TPSA) is 78.9 Å². The molecule has 6 nitrogen and oxygen atoms in total. The van der Waals surface area contributed by atoms with Gasteiger partial charge in [-0.3, -0.25) is 14.4 Å². The molecule has 0 amide bonds. The fourth-order valence-electron chi connectivity index (χ4n) is 7.81. The van der Waals surface area contributed by atoms with Gasteiger partial charge in [0.1, 0.15) is 13.2 Å². The van der Waals surface area contributed by atoms with Crippen molar-refractivity contribution in [3.05, 3.63) is 182 Å². The molecule has 0 spiro atoms. The van der Waals surface area contributed by atoms with Crippen LogP contribution in [0.15, 0.2) is 182 Å². The van der Waals surface area contributed by atoms with Gasteiger partial charge in [0.15, 0.2) is 6.10 Å². The number of ether oxygens (including phenoxy) is 3. The molecule has 0 N–H and O–H groups in total. The maximum absolute atomic E-state index is 12.9. The van der Waals surface area contributed by atoms with E-state index in [4.69, 9.17) is 14.2 Å². The molecule has 0 aromatic rings. The molecule has 0 heterocycles. The second-order valence-electron chi connectivity index (χ2n) is 19.8. The molecule has 0 aliphatic rings. The molecule has 79 heavy (non-hydrogen) atoms. The predicted molar refractivity (Wildman–Crippen MR) is 343 cm³/mol. The van der Waals surface area contributed by atoms with Gasteiger partial charge in [0.25, 0.3) is 0 Å². The third-order valence-corrected chi connectivity index (χ3v) is 12.4. The molecule has 0 fully saturated rings. The molecule has 0 saturated carbocycles. The van der Waals surface area contributed by atoms with Crippen molar-refractivity contribution in [2.45, 2.75) is 245 Å². The van der Waals surface area contributed by atoms with Crippen molar-refractivity contribution in [3.63, 3.8) is 0 Å². The van der Waals surface area contributed by atoms with Crippen LogP contribution in [0.2, 0.25) is 0 Å². The Morgan fingerprint density at radius 2 is 0.456 bits per heavy atom. The van der Waals surface area contributed by atoms with Crippen molar-refractivity contribution < 1.29 is 28.6 Å². The summed E-state index contributed by atoms with van der Waals surface area (Å²) in [7, 11) is 0. The van der Waals surface area contributed by atoms with Crippen molar-refractivity contribution in [1.82, 2.24) is 0 Å². The molecule has 1 atom stereocenters. The van der Waals surface area contributed by atoms with Gasteiger partial charge in [0.2, 0.25) is 0 Å². The zero-order valence-electron chi connectivity index (χ0n) is 50.3. The van der Waals surface area contributed by atoms with Gasteiger partial charge in [-0.1, -0.05) is 248 Å². The molecule has 0 saturated heterocycles. The Hall–Kier alpha value is -5.49. The standard InChI is InChI=1S/C73H112O6/c1-4-7-10-13-16-19-22-25-28-30-32-34-35-36-37-39-40-42-45-48-51-54-57-60-63-66-72(75)78-69-70(68-77-71(74)65-62-59-56-53-50-47-44-27-24-21-18-15-12-9-6-3)79-73(76)67-64-61-58-55-52-49-46-43-41-38-33-31-29-26-23-20-17-14-11-8-5-2/h7-12,16-21,25-29,32-34,36-38,40,42-44,46,50,53,70H,4-6,13-15,22-24,30-31,35,39,41,45,47-49,51-52,54-69H2,1-3H3/b10-7-,11-8-,12-9-,19-16-,20-17-,21-18-,28-25-,29-26-,34-32-,37-36-,38-33-,42-40-,44-27-,46-43-,53-50-. The lowest BCUT2D eigenvalue weighted by Crippen LogP contribution is -2.30. The van der Waals surface area contributed by atoms with Gasteiger partial charge >= 0.3 is 17.9 Å². The minimum Gasteiger partial charge on any atom is -0.462 e. The van der Waals surface area contributed by atoms with Crippen LogP contribution in [-0.2, 0) is 28.6 Å². The number of carbonyl (C=O) groups excluding carboxylic acids is 3. The number of unbranched alkanes of at least 4 members (excludes halogenated alkanes) is 13. The van der Waals surface area contributed by atoms with E-state index in [9.17, 15) is 14.4 Å². The Kier molecular flexibility index (Phi) is 60.5. The summed E-state index contributed by atoms with van der Waals surface area (Å²) in [4.78, 5) is 38.3. The first-order chi connectivity index (χ1) is 39.0. The van der Waals surface area contributed by atoms with Gasteiger partial charge in [0, 0.05) is 19.3 Å². The van der Waals surface area contributed by atoms with Crippen LogP contribution in [0, 0.1) is 0 Å². The average Bonchev–Trinajstić information content (AvgIpc) is 3.45. The monoisotopic (exact) mass is 1080 g/mol. The molecule has 0 radical (unpaired) electrons. The second-order valence-corrected chi connectivity index (χ2v) is 19.8. The molecule has 6 heteroatoms. The quantitative estimate of drug-likeness (QED) is 0.0261. The molecule has 0 aliphatic heterocycles. The van der Waals surface area contributed by atoms with Gasteiger partial charge in [-0.2, -0.15) is 0 Å². The van der Waals surface area contributed by atoms with Crippen LogP contribution in [-0.4, -0.2) is 37.2 Å². The lowest BCUT2D eigenvalue weighted by atomic mass is 10.1. The Labute approximate surface area is 484 Å². The molecule has 0 aliphatic carbocycles. The molecule has 0 aromatic carbocycles. The lowest BCUT2D eigenvalue weighted by Gasteiger charge is -2.18. The predicted octanol–water partition coefficient (Wildman–Crippen LogP) is 21.7.